The summed E-state index contributed by atoms with van der Waals surface area (Å²) in [5.74, 6) is 0.736. The molecule has 0 atom stereocenters. The summed E-state index contributed by atoms with van der Waals surface area (Å²) in [6.07, 6.45) is 5.02. The van der Waals surface area contributed by atoms with Crippen molar-refractivity contribution in [1.29, 1.82) is 0 Å². The molecule has 0 bridgehead atoms. The van der Waals surface area contributed by atoms with E-state index in [1.165, 1.54) is 5.56 Å². The second kappa shape index (κ2) is 8.83. The van der Waals surface area contributed by atoms with Crippen molar-refractivity contribution in [1.82, 2.24) is 10.3 Å². The summed E-state index contributed by atoms with van der Waals surface area (Å²) in [7, 11) is 0. The highest BCUT2D eigenvalue weighted by atomic mass is 16.5. The summed E-state index contributed by atoms with van der Waals surface area (Å²) in [5, 5.41) is 3.44. The Bertz CT molecular complexity index is 435. The number of unbranched alkanes of at least 4 members (excludes halogenated alkanes) is 1. The number of hydrogen-bond donors (Lipinski definition) is 1. The number of rotatable bonds is 9. The molecule has 0 saturated heterocycles. The molecule has 118 valence electrons. The average molecular weight is 290 g/mol. The van der Waals surface area contributed by atoms with Crippen LogP contribution in [0.25, 0.3) is 0 Å². The van der Waals surface area contributed by atoms with E-state index < -0.39 is 0 Å². The summed E-state index contributed by atoms with van der Waals surface area (Å²) in [6.45, 7) is 15.0. The van der Waals surface area contributed by atoms with Gasteiger partial charge in [-0.1, -0.05) is 33.8 Å². The van der Waals surface area contributed by atoms with Crippen molar-refractivity contribution in [2.75, 3.05) is 13.2 Å². The predicted octanol–water partition coefficient (Wildman–Crippen LogP) is 4.22. The number of hydrogen-bond acceptors (Lipinski definition) is 3. The Morgan fingerprint density at radius 3 is 2.71 bits per heavy atom. The zero-order chi connectivity index (χ0) is 15.7. The third kappa shape index (κ3) is 6.76. The number of pyridine rings is 1. The van der Waals surface area contributed by atoms with Gasteiger partial charge < -0.3 is 10.1 Å². The lowest BCUT2D eigenvalue weighted by molar-refractivity contribution is 0.297. The van der Waals surface area contributed by atoms with Crippen LogP contribution in [0, 0.1) is 0 Å². The third-order valence-electron chi connectivity index (χ3n) is 3.19. The first kappa shape index (κ1) is 17.7. The van der Waals surface area contributed by atoms with Gasteiger partial charge in [-0.2, -0.15) is 0 Å². The fourth-order valence-corrected chi connectivity index (χ4v) is 1.93. The van der Waals surface area contributed by atoms with Crippen molar-refractivity contribution in [2.24, 2.45) is 0 Å². The largest absolute Gasteiger partial charge is 0.478 e. The topological polar surface area (TPSA) is 34.1 Å². The molecule has 0 fully saturated rings. The Hall–Kier alpha value is -1.35. The summed E-state index contributed by atoms with van der Waals surface area (Å²) in [6, 6.07) is 4.23. The van der Waals surface area contributed by atoms with Crippen LogP contribution in [0.4, 0.5) is 0 Å². The molecule has 21 heavy (non-hydrogen) atoms. The maximum atomic E-state index is 5.80. The molecular formula is C18H30N2O. The minimum absolute atomic E-state index is 0.0278. The average Bonchev–Trinajstić information content (AvgIpc) is 2.43. The number of allylic oxidation sites excluding steroid dienone is 1. The van der Waals surface area contributed by atoms with E-state index in [2.05, 4.69) is 50.6 Å². The van der Waals surface area contributed by atoms with Crippen molar-refractivity contribution in [2.45, 2.75) is 58.9 Å². The van der Waals surface area contributed by atoms with Crippen molar-refractivity contribution in [3.05, 3.63) is 36.0 Å². The molecule has 1 heterocycles. The van der Waals surface area contributed by atoms with Gasteiger partial charge in [0.25, 0.3) is 0 Å². The van der Waals surface area contributed by atoms with Gasteiger partial charge in [0.05, 0.1) is 12.3 Å². The van der Waals surface area contributed by atoms with Crippen molar-refractivity contribution in [3.8, 4) is 5.88 Å². The number of aromatic nitrogens is 1. The second-order valence-corrected chi connectivity index (χ2v) is 6.41. The minimum Gasteiger partial charge on any atom is -0.478 e. The van der Waals surface area contributed by atoms with Gasteiger partial charge in [0.2, 0.25) is 5.88 Å². The van der Waals surface area contributed by atoms with Crippen molar-refractivity contribution in [3.63, 3.8) is 0 Å². The zero-order valence-electron chi connectivity index (χ0n) is 14.0. The quantitative estimate of drug-likeness (QED) is 0.546. The number of nitrogens with zero attached hydrogens (tertiary/aromatic N) is 1. The summed E-state index contributed by atoms with van der Waals surface area (Å²) in [4.78, 5) is 4.65. The lowest BCUT2D eigenvalue weighted by Gasteiger charge is -2.20. The Morgan fingerprint density at radius 1 is 1.33 bits per heavy atom. The van der Waals surface area contributed by atoms with Crippen molar-refractivity contribution >= 4 is 0 Å². The van der Waals surface area contributed by atoms with Gasteiger partial charge in [-0.05, 0) is 37.4 Å². The molecule has 0 unspecified atom stereocenters. The fourth-order valence-electron chi connectivity index (χ4n) is 1.93. The highest BCUT2D eigenvalue weighted by Gasteiger charge is 2.17. The summed E-state index contributed by atoms with van der Waals surface area (Å²) in [5.41, 5.74) is 2.35. The maximum absolute atomic E-state index is 5.80. The van der Waals surface area contributed by atoms with Crippen LogP contribution >= 0.6 is 0 Å². The summed E-state index contributed by atoms with van der Waals surface area (Å²) >= 11 is 0. The molecule has 3 nitrogen and oxygen atoms in total. The molecule has 1 aromatic heterocycles. The molecule has 0 saturated carbocycles. The van der Waals surface area contributed by atoms with Gasteiger partial charge in [-0.3, -0.25) is 0 Å². The van der Waals surface area contributed by atoms with Crippen molar-refractivity contribution < 1.29 is 4.74 Å². The zero-order valence-corrected chi connectivity index (χ0v) is 14.0. The highest BCUT2D eigenvalue weighted by molar-refractivity contribution is 5.28. The lowest BCUT2D eigenvalue weighted by Crippen LogP contribution is -2.18. The van der Waals surface area contributed by atoms with E-state index in [0.717, 1.165) is 43.9 Å². The van der Waals surface area contributed by atoms with Crippen LogP contribution in [0.1, 0.15) is 58.2 Å². The van der Waals surface area contributed by atoms with Gasteiger partial charge >= 0.3 is 0 Å². The van der Waals surface area contributed by atoms with Crippen LogP contribution in [-0.2, 0) is 12.0 Å². The summed E-state index contributed by atoms with van der Waals surface area (Å²) < 4.78 is 5.80. The monoisotopic (exact) mass is 290 g/mol. The van der Waals surface area contributed by atoms with E-state index in [-0.39, 0.29) is 5.41 Å². The van der Waals surface area contributed by atoms with Crippen LogP contribution in [-0.4, -0.2) is 18.1 Å². The van der Waals surface area contributed by atoms with Gasteiger partial charge in [-0.15, -0.1) is 6.58 Å². The Balaban J connectivity index is 2.79. The van der Waals surface area contributed by atoms with Crippen LogP contribution < -0.4 is 10.1 Å². The predicted molar refractivity (Wildman–Crippen MR) is 89.9 cm³/mol. The van der Waals surface area contributed by atoms with E-state index in [1.54, 1.807) is 0 Å². The smallest absolute Gasteiger partial charge is 0.213 e. The van der Waals surface area contributed by atoms with Gasteiger partial charge in [0, 0.05) is 18.0 Å². The SMILES string of the molecule is C=CCCCOc1cc(CNCCC)cc(C(C)(C)C)n1. The molecule has 3 heteroatoms. The van der Waals surface area contributed by atoms with Crippen LogP contribution in [0.3, 0.4) is 0 Å². The first-order valence-electron chi connectivity index (χ1n) is 7.93. The van der Waals surface area contributed by atoms with Gasteiger partial charge in [-0.25, -0.2) is 4.98 Å². The highest BCUT2D eigenvalue weighted by Crippen LogP contribution is 2.24. The Kier molecular flexibility index (Phi) is 7.44. The number of nitrogens with one attached hydrogen (secondary N) is 1. The molecule has 0 aliphatic carbocycles. The molecule has 0 spiro atoms. The molecule has 0 aliphatic rings. The van der Waals surface area contributed by atoms with E-state index >= 15 is 0 Å². The molecule has 0 aliphatic heterocycles. The first-order valence-corrected chi connectivity index (χ1v) is 7.93. The van der Waals surface area contributed by atoms with E-state index in [4.69, 9.17) is 4.74 Å². The molecule has 1 rings (SSSR count). The van der Waals surface area contributed by atoms with E-state index in [9.17, 15) is 0 Å². The van der Waals surface area contributed by atoms with Crippen LogP contribution in [0.15, 0.2) is 24.8 Å². The van der Waals surface area contributed by atoms with Crippen LogP contribution in [0.2, 0.25) is 0 Å². The Labute approximate surface area is 129 Å². The Morgan fingerprint density at radius 2 is 2.10 bits per heavy atom. The first-order chi connectivity index (χ1) is 9.97. The molecule has 0 aromatic carbocycles. The minimum atomic E-state index is 0.0278. The lowest BCUT2D eigenvalue weighted by atomic mass is 9.91. The van der Waals surface area contributed by atoms with Gasteiger partial charge in [0.15, 0.2) is 0 Å². The fraction of sp³-hybridized carbons (Fsp3) is 0.611. The maximum Gasteiger partial charge on any atom is 0.213 e. The molecular weight excluding hydrogens is 260 g/mol. The van der Waals surface area contributed by atoms with E-state index in [0.29, 0.717) is 6.61 Å². The second-order valence-electron chi connectivity index (χ2n) is 6.41. The van der Waals surface area contributed by atoms with Gasteiger partial charge in [0.1, 0.15) is 0 Å². The molecule has 0 radical (unpaired) electrons. The molecule has 1 N–H and O–H groups in total. The van der Waals surface area contributed by atoms with E-state index in [1.807, 2.05) is 12.1 Å². The number of ether oxygens (including phenoxy) is 1. The third-order valence-corrected chi connectivity index (χ3v) is 3.19. The molecule has 0 amide bonds. The molecule has 1 aromatic rings. The standard InChI is InChI=1S/C18H30N2O/c1-6-8-9-11-21-17-13-15(14-19-10-7-2)12-16(20-17)18(3,4)5/h6,12-13,19H,1,7-11,14H2,2-5H3. The normalized spacial score (nSPS) is 11.4. The van der Waals surface area contributed by atoms with Crippen LogP contribution in [0.5, 0.6) is 5.88 Å².